The molecule has 0 saturated heterocycles. The maximum atomic E-state index is 2.70. The van der Waals surface area contributed by atoms with Crippen molar-refractivity contribution in [2.45, 2.75) is 57.3 Å². The highest BCUT2D eigenvalue weighted by Gasteiger charge is 2.46. The molecule has 1 rings (SSSR count). The van der Waals surface area contributed by atoms with E-state index in [0.29, 0.717) is 5.41 Å². The zero-order chi connectivity index (χ0) is 10.1. The molecule has 3 atom stereocenters. The molecule has 0 aromatic carbocycles. The van der Waals surface area contributed by atoms with Crippen LogP contribution in [0, 0.1) is 17.3 Å². The summed E-state index contributed by atoms with van der Waals surface area (Å²) in [6.07, 6.45) is 5.71. The van der Waals surface area contributed by atoms with E-state index in [-0.39, 0.29) is 0 Å². The molecule has 0 aliphatic heterocycles. The van der Waals surface area contributed by atoms with Crippen LogP contribution in [0.2, 0.25) is 0 Å². The van der Waals surface area contributed by atoms with Crippen LogP contribution in [0.4, 0.5) is 0 Å². The molecule has 0 spiro atoms. The van der Waals surface area contributed by atoms with Gasteiger partial charge in [-0.25, -0.2) is 0 Å². The largest absolute Gasteiger partial charge is 0.0820 e. The van der Waals surface area contributed by atoms with E-state index in [0.717, 1.165) is 15.8 Å². The van der Waals surface area contributed by atoms with E-state index in [4.69, 9.17) is 0 Å². The summed E-state index contributed by atoms with van der Waals surface area (Å²) < 4.78 is 0.917. The highest BCUT2D eigenvalue weighted by atomic mass is 127. The monoisotopic (exact) mass is 294 g/mol. The van der Waals surface area contributed by atoms with Gasteiger partial charge in [-0.05, 0) is 30.1 Å². The molecule has 0 bridgehead atoms. The summed E-state index contributed by atoms with van der Waals surface area (Å²) in [5.41, 5.74) is 0.648. The van der Waals surface area contributed by atoms with Crippen LogP contribution in [0.5, 0.6) is 0 Å². The Labute approximate surface area is 97.0 Å². The molecule has 1 aliphatic rings. The minimum absolute atomic E-state index is 0.648. The van der Waals surface area contributed by atoms with Gasteiger partial charge in [-0.3, -0.25) is 0 Å². The smallest absolute Gasteiger partial charge is 0.0171 e. The van der Waals surface area contributed by atoms with Crippen molar-refractivity contribution in [3.8, 4) is 0 Å². The van der Waals surface area contributed by atoms with Crippen LogP contribution in [-0.4, -0.2) is 3.92 Å². The Balaban J connectivity index is 2.86. The number of hydrogen-bond acceptors (Lipinski definition) is 0. The molecule has 0 aromatic heterocycles. The van der Waals surface area contributed by atoms with Gasteiger partial charge in [-0.1, -0.05) is 63.1 Å². The Morgan fingerprint density at radius 1 is 1.38 bits per heavy atom. The molecule has 0 nitrogen and oxygen atoms in total. The van der Waals surface area contributed by atoms with Crippen molar-refractivity contribution >= 4 is 22.6 Å². The van der Waals surface area contributed by atoms with Gasteiger partial charge in [-0.2, -0.15) is 0 Å². The standard InChI is InChI=1S/C12H23I/c1-5-10(4)12(9(2)3)8-6-7-11(12)13/h9-11H,5-8H2,1-4H3/t10-,11?,12+/m0/s1. The van der Waals surface area contributed by atoms with Crippen LogP contribution in [0.1, 0.15) is 53.4 Å². The van der Waals surface area contributed by atoms with Crippen molar-refractivity contribution in [1.82, 2.24) is 0 Å². The van der Waals surface area contributed by atoms with Crippen LogP contribution in [0.25, 0.3) is 0 Å². The van der Waals surface area contributed by atoms with Gasteiger partial charge in [0.15, 0.2) is 0 Å². The van der Waals surface area contributed by atoms with Crippen molar-refractivity contribution in [3.63, 3.8) is 0 Å². The third kappa shape index (κ3) is 1.91. The van der Waals surface area contributed by atoms with Crippen molar-refractivity contribution in [1.29, 1.82) is 0 Å². The van der Waals surface area contributed by atoms with E-state index < -0.39 is 0 Å². The molecule has 0 N–H and O–H groups in total. The number of hydrogen-bond donors (Lipinski definition) is 0. The predicted octanol–water partition coefficient (Wildman–Crippen LogP) is 4.66. The average molecular weight is 294 g/mol. The Morgan fingerprint density at radius 2 is 2.00 bits per heavy atom. The second-order valence-electron chi connectivity index (χ2n) is 4.94. The van der Waals surface area contributed by atoms with Gasteiger partial charge < -0.3 is 0 Å². The van der Waals surface area contributed by atoms with E-state index in [1.165, 1.54) is 25.7 Å². The highest BCUT2D eigenvalue weighted by Crippen LogP contribution is 2.54. The van der Waals surface area contributed by atoms with Crippen molar-refractivity contribution in [2.24, 2.45) is 17.3 Å². The van der Waals surface area contributed by atoms with Crippen LogP contribution >= 0.6 is 22.6 Å². The lowest BCUT2D eigenvalue weighted by Gasteiger charge is -2.42. The fourth-order valence-corrected chi connectivity index (χ4v) is 5.25. The van der Waals surface area contributed by atoms with Crippen LogP contribution in [0.3, 0.4) is 0 Å². The summed E-state index contributed by atoms with van der Waals surface area (Å²) in [5, 5.41) is 0. The zero-order valence-corrected chi connectivity index (χ0v) is 11.6. The summed E-state index contributed by atoms with van der Waals surface area (Å²) in [7, 11) is 0. The molecule has 1 heteroatoms. The normalized spacial score (nSPS) is 36.9. The maximum absolute atomic E-state index is 2.70. The minimum Gasteiger partial charge on any atom is -0.0820 e. The molecule has 0 aromatic rings. The fraction of sp³-hybridized carbons (Fsp3) is 1.00. The van der Waals surface area contributed by atoms with Gasteiger partial charge in [0.1, 0.15) is 0 Å². The number of rotatable bonds is 3. The number of halogens is 1. The first-order valence-electron chi connectivity index (χ1n) is 5.69. The molecule has 0 radical (unpaired) electrons. The molecule has 0 amide bonds. The lowest BCUT2D eigenvalue weighted by Crippen LogP contribution is -2.38. The van der Waals surface area contributed by atoms with E-state index in [9.17, 15) is 0 Å². The first-order chi connectivity index (χ1) is 6.05. The first kappa shape index (κ1) is 11.8. The lowest BCUT2D eigenvalue weighted by atomic mass is 9.66. The third-order valence-electron chi connectivity index (χ3n) is 4.26. The third-order valence-corrected chi connectivity index (χ3v) is 6.04. The Bertz CT molecular complexity index is 165. The Morgan fingerprint density at radius 3 is 2.31 bits per heavy atom. The van der Waals surface area contributed by atoms with E-state index in [1.54, 1.807) is 0 Å². The molecular formula is C12H23I. The molecule has 78 valence electrons. The summed E-state index contributed by atoms with van der Waals surface area (Å²) in [6, 6.07) is 0. The summed E-state index contributed by atoms with van der Waals surface area (Å²) >= 11 is 2.70. The summed E-state index contributed by atoms with van der Waals surface area (Å²) in [5.74, 6) is 1.75. The van der Waals surface area contributed by atoms with Crippen LogP contribution in [0.15, 0.2) is 0 Å². The van der Waals surface area contributed by atoms with Gasteiger partial charge in [0.05, 0.1) is 0 Å². The molecule has 13 heavy (non-hydrogen) atoms. The van der Waals surface area contributed by atoms with Gasteiger partial charge in [0, 0.05) is 3.92 Å². The van der Waals surface area contributed by atoms with Crippen LogP contribution < -0.4 is 0 Å². The van der Waals surface area contributed by atoms with Crippen molar-refractivity contribution < 1.29 is 0 Å². The summed E-state index contributed by atoms with van der Waals surface area (Å²) in [6.45, 7) is 9.64. The van der Waals surface area contributed by atoms with Gasteiger partial charge in [0.25, 0.3) is 0 Å². The second kappa shape index (κ2) is 4.50. The van der Waals surface area contributed by atoms with Gasteiger partial charge >= 0.3 is 0 Å². The fourth-order valence-electron chi connectivity index (χ4n) is 3.17. The molecule has 0 heterocycles. The predicted molar refractivity (Wildman–Crippen MR) is 68.4 cm³/mol. The SMILES string of the molecule is CC[C@H](C)[C@]1(C(C)C)CCCC1I. The topological polar surface area (TPSA) is 0 Å². The summed E-state index contributed by atoms with van der Waals surface area (Å²) in [4.78, 5) is 0. The van der Waals surface area contributed by atoms with Crippen molar-refractivity contribution in [3.05, 3.63) is 0 Å². The zero-order valence-electron chi connectivity index (χ0n) is 9.44. The molecule has 1 aliphatic carbocycles. The highest BCUT2D eigenvalue weighted by molar-refractivity contribution is 14.1. The average Bonchev–Trinajstić information content (AvgIpc) is 2.47. The van der Waals surface area contributed by atoms with Crippen molar-refractivity contribution in [2.75, 3.05) is 0 Å². The van der Waals surface area contributed by atoms with E-state index in [2.05, 4.69) is 50.3 Å². The second-order valence-corrected chi connectivity index (χ2v) is 6.44. The van der Waals surface area contributed by atoms with Gasteiger partial charge in [0.2, 0.25) is 0 Å². The maximum Gasteiger partial charge on any atom is 0.0171 e. The van der Waals surface area contributed by atoms with E-state index >= 15 is 0 Å². The molecule has 1 fully saturated rings. The molecule has 1 saturated carbocycles. The molecular weight excluding hydrogens is 271 g/mol. The Kier molecular flexibility index (Phi) is 4.09. The van der Waals surface area contributed by atoms with E-state index in [1.807, 2.05) is 0 Å². The number of alkyl halides is 1. The minimum atomic E-state index is 0.648. The first-order valence-corrected chi connectivity index (χ1v) is 6.94. The molecule has 1 unspecified atom stereocenters. The quantitative estimate of drug-likeness (QED) is 0.524. The lowest BCUT2D eigenvalue weighted by molar-refractivity contribution is 0.117. The Hall–Kier alpha value is 0.730. The van der Waals surface area contributed by atoms with Gasteiger partial charge in [-0.15, -0.1) is 0 Å². The van der Waals surface area contributed by atoms with Crippen LogP contribution in [-0.2, 0) is 0 Å².